The SMILES string of the molecule is O=C(NCCOc1ccccc1)c1cncc(Nc2ncccn2)c1. The van der Waals surface area contributed by atoms with Crippen molar-refractivity contribution in [3.8, 4) is 5.75 Å². The van der Waals surface area contributed by atoms with Crippen LogP contribution in [0.3, 0.4) is 0 Å². The molecule has 0 radical (unpaired) electrons. The van der Waals surface area contributed by atoms with Crippen molar-refractivity contribution in [3.63, 3.8) is 0 Å². The van der Waals surface area contributed by atoms with E-state index in [4.69, 9.17) is 4.74 Å². The summed E-state index contributed by atoms with van der Waals surface area (Å²) in [5.41, 5.74) is 1.08. The highest BCUT2D eigenvalue weighted by Crippen LogP contribution is 2.12. The molecule has 1 amide bonds. The molecule has 0 bridgehead atoms. The number of rotatable bonds is 7. The third-order valence-electron chi connectivity index (χ3n) is 3.22. The van der Waals surface area contributed by atoms with Gasteiger partial charge in [-0.25, -0.2) is 9.97 Å². The standard InChI is InChI=1S/C18H17N5O2/c24-17(20-9-10-25-16-5-2-1-3-6-16)14-11-15(13-19-12-14)23-18-21-7-4-8-22-18/h1-8,11-13H,9-10H2,(H,20,24)(H,21,22,23). The van der Waals surface area contributed by atoms with Gasteiger partial charge in [-0.2, -0.15) is 0 Å². The fraction of sp³-hybridized carbons (Fsp3) is 0.111. The van der Waals surface area contributed by atoms with Crippen molar-refractivity contribution < 1.29 is 9.53 Å². The highest BCUT2D eigenvalue weighted by Gasteiger charge is 2.07. The molecule has 0 saturated heterocycles. The second-order valence-corrected chi connectivity index (χ2v) is 5.08. The average molecular weight is 335 g/mol. The summed E-state index contributed by atoms with van der Waals surface area (Å²) < 4.78 is 5.54. The van der Waals surface area contributed by atoms with Crippen molar-refractivity contribution >= 4 is 17.5 Å². The number of carbonyl (C=O) groups excluding carboxylic acids is 1. The Kier molecular flexibility index (Phi) is 5.50. The van der Waals surface area contributed by atoms with Crippen molar-refractivity contribution in [1.29, 1.82) is 0 Å². The lowest BCUT2D eigenvalue weighted by atomic mass is 10.2. The van der Waals surface area contributed by atoms with E-state index in [0.717, 1.165) is 5.75 Å². The average Bonchev–Trinajstić information content (AvgIpc) is 2.67. The summed E-state index contributed by atoms with van der Waals surface area (Å²) in [6, 6.07) is 12.9. The lowest BCUT2D eigenvalue weighted by Crippen LogP contribution is -2.28. The molecule has 25 heavy (non-hydrogen) atoms. The first-order chi connectivity index (χ1) is 12.3. The van der Waals surface area contributed by atoms with Gasteiger partial charge in [0.05, 0.1) is 24.0 Å². The highest BCUT2D eigenvalue weighted by molar-refractivity contribution is 5.94. The summed E-state index contributed by atoms with van der Waals surface area (Å²) in [6.07, 6.45) is 6.37. The normalized spacial score (nSPS) is 10.1. The number of aromatic nitrogens is 3. The molecule has 0 spiro atoms. The molecule has 126 valence electrons. The Balaban J connectivity index is 1.51. The van der Waals surface area contributed by atoms with Crippen LogP contribution < -0.4 is 15.4 Å². The molecule has 0 fully saturated rings. The summed E-state index contributed by atoms with van der Waals surface area (Å²) >= 11 is 0. The minimum atomic E-state index is -0.221. The maximum atomic E-state index is 12.2. The number of anilines is 2. The second-order valence-electron chi connectivity index (χ2n) is 5.08. The smallest absolute Gasteiger partial charge is 0.253 e. The van der Waals surface area contributed by atoms with Gasteiger partial charge in [-0.05, 0) is 24.3 Å². The number of carbonyl (C=O) groups is 1. The Morgan fingerprint density at radius 3 is 2.64 bits per heavy atom. The number of amides is 1. The number of nitrogens with zero attached hydrogens (tertiary/aromatic N) is 3. The van der Waals surface area contributed by atoms with Crippen LogP contribution in [-0.2, 0) is 0 Å². The van der Waals surface area contributed by atoms with E-state index < -0.39 is 0 Å². The molecule has 3 aromatic rings. The van der Waals surface area contributed by atoms with Crippen molar-refractivity contribution in [1.82, 2.24) is 20.3 Å². The number of hydrogen-bond donors (Lipinski definition) is 2. The third-order valence-corrected chi connectivity index (χ3v) is 3.22. The van der Waals surface area contributed by atoms with Gasteiger partial charge in [0.25, 0.3) is 5.91 Å². The van der Waals surface area contributed by atoms with Crippen LogP contribution in [0, 0.1) is 0 Å². The predicted molar refractivity (Wildman–Crippen MR) is 93.8 cm³/mol. The molecule has 0 atom stereocenters. The van der Waals surface area contributed by atoms with Crippen LogP contribution in [0.1, 0.15) is 10.4 Å². The summed E-state index contributed by atoms with van der Waals surface area (Å²) in [4.78, 5) is 24.4. The molecule has 1 aromatic carbocycles. The van der Waals surface area contributed by atoms with E-state index in [1.807, 2.05) is 30.3 Å². The van der Waals surface area contributed by atoms with Crippen molar-refractivity contribution in [3.05, 3.63) is 72.8 Å². The summed E-state index contributed by atoms with van der Waals surface area (Å²) in [6.45, 7) is 0.784. The van der Waals surface area contributed by atoms with Crippen molar-refractivity contribution in [2.75, 3.05) is 18.5 Å². The molecule has 0 aliphatic rings. The van der Waals surface area contributed by atoms with Crippen LogP contribution >= 0.6 is 0 Å². The van der Waals surface area contributed by atoms with Crippen LogP contribution in [0.4, 0.5) is 11.6 Å². The number of benzene rings is 1. The van der Waals surface area contributed by atoms with E-state index in [9.17, 15) is 4.79 Å². The minimum absolute atomic E-state index is 0.221. The maximum Gasteiger partial charge on any atom is 0.253 e. The fourth-order valence-corrected chi connectivity index (χ4v) is 2.08. The zero-order valence-electron chi connectivity index (χ0n) is 13.4. The van der Waals surface area contributed by atoms with Crippen LogP contribution in [0.25, 0.3) is 0 Å². The van der Waals surface area contributed by atoms with Gasteiger partial charge >= 0.3 is 0 Å². The van der Waals surface area contributed by atoms with Crippen LogP contribution in [-0.4, -0.2) is 34.0 Å². The molecule has 0 unspecified atom stereocenters. The molecule has 0 aliphatic heterocycles. The van der Waals surface area contributed by atoms with Crippen LogP contribution in [0.15, 0.2) is 67.3 Å². The molecule has 2 heterocycles. The molecule has 3 rings (SSSR count). The highest BCUT2D eigenvalue weighted by atomic mass is 16.5. The first-order valence-electron chi connectivity index (χ1n) is 7.76. The fourth-order valence-electron chi connectivity index (χ4n) is 2.08. The molecule has 7 nitrogen and oxygen atoms in total. The minimum Gasteiger partial charge on any atom is -0.492 e. The Hall–Kier alpha value is -3.48. The van der Waals surface area contributed by atoms with Gasteiger partial charge in [0.2, 0.25) is 5.95 Å². The molecular formula is C18H17N5O2. The van der Waals surface area contributed by atoms with E-state index in [0.29, 0.717) is 30.4 Å². The predicted octanol–water partition coefficient (Wildman–Crippen LogP) is 2.42. The largest absolute Gasteiger partial charge is 0.492 e. The van der Waals surface area contributed by atoms with E-state index in [2.05, 4.69) is 25.6 Å². The number of pyridine rings is 1. The van der Waals surface area contributed by atoms with Gasteiger partial charge in [-0.1, -0.05) is 18.2 Å². The van der Waals surface area contributed by atoms with Crippen molar-refractivity contribution in [2.24, 2.45) is 0 Å². The Morgan fingerprint density at radius 2 is 1.84 bits per heavy atom. The van der Waals surface area contributed by atoms with E-state index in [-0.39, 0.29) is 5.91 Å². The van der Waals surface area contributed by atoms with Gasteiger partial charge in [0.15, 0.2) is 0 Å². The summed E-state index contributed by atoms with van der Waals surface area (Å²) in [5.74, 6) is 0.993. The van der Waals surface area contributed by atoms with Crippen LogP contribution in [0.2, 0.25) is 0 Å². The molecule has 7 heteroatoms. The number of para-hydroxylation sites is 1. The monoisotopic (exact) mass is 335 g/mol. The molecule has 0 saturated carbocycles. The lowest BCUT2D eigenvalue weighted by Gasteiger charge is -2.09. The molecule has 0 aliphatic carbocycles. The molecular weight excluding hydrogens is 318 g/mol. The molecule has 2 aromatic heterocycles. The maximum absolute atomic E-state index is 12.2. The Morgan fingerprint density at radius 1 is 1.04 bits per heavy atom. The van der Waals surface area contributed by atoms with Crippen LogP contribution in [0.5, 0.6) is 5.75 Å². The van der Waals surface area contributed by atoms with E-state index in [1.54, 1.807) is 30.7 Å². The van der Waals surface area contributed by atoms with Crippen molar-refractivity contribution in [2.45, 2.75) is 0 Å². The number of ether oxygens (including phenoxy) is 1. The van der Waals surface area contributed by atoms with E-state index in [1.165, 1.54) is 6.20 Å². The topological polar surface area (TPSA) is 89.0 Å². The zero-order chi connectivity index (χ0) is 17.3. The van der Waals surface area contributed by atoms with Gasteiger partial charge in [0, 0.05) is 18.6 Å². The second kappa shape index (κ2) is 8.39. The first kappa shape index (κ1) is 16.4. The van der Waals surface area contributed by atoms with E-state index >= 15 is 0 Å². The van der Waals surface area contributed by atoms with Gasteiger partial charge in [0.1, 0.15) is 12.4 Å². The quantitative estimate of drug-likeness (QED) is 0.645. The number of nitrogens with one attached hydrogen (secondary N) is 2. The Labute approximate surface area is 145 Å². The first-order valence-corrected chi connectivity index (χ1v) is 7.76. The summed E-state index contributed by atoms with van der Waals surface area (Å²) in [5, 5.41) is 5.80. The number of hydrogen-bond acceptors (Lipinski definition) is 6. The zero-order valence-corrected chi connectivity index (χ0v) is 13.4. The molecule has 2 N–H and O–H groups in total. The third kappa shape index (κ3) is 5.00. The lowest BCUT2D eigenvalue weighted by molar-refractivity contribution is 0.0946. The van der Waals surface area contributed by atoms with Gasteiger partial charge in [-0.15, -0.1) is 0 Å². The van der Waals surface area contributed by atoms with Gasteiger partial charge in [-0.3, -0.25) is 9.78 Å². The summed E-state index contributed by atoms with van der Waals surface area (Å²) in [7, 11) is 0. The van der Waals surface area contributed by atoms with Gasteiger partial charge < -0.3 is 15.4 Å². The Bertz CT molecular complexity index is 812.